The quantitative estimate of drug-likeness (QED) is 0.163. The molecule has 0 spiro atoms. The van der Waals surface area contributed by atoms with E-state index in [1.807, 2.05) is 60.7 Å². The van der Waals surface area contributed by atoms with Gasteiger partial charge in [0.15, 0.2) is 11.5 Å². The van der Waals surface area contributed by atoms with Crippen LogP contribution in [0.2, 0.25) is 30.1 Å². The molecule has 31 heavy (non-hydrogen) atoms. The van der Waals surface area contributed by atoms with Crippen molar-refractivity contribution < 1.29 is 31.9 Å². The van der Waals surface area contributed by atoms with Gasteiger partial charge in [-0.25, -0.2) is 24.3 Å². The third-order valence-electron chi connectivity index (χ3n) is 3.07. The molecule has 0 aliphatic heterocycles. The van der Waals surface area contributed by atoms with Gasteiger partial charge in [-0.3, -0.25) is 0 Å². The minimum Gasteiger partial charge on any atom is -0.505 e. The van der Waals surface area contributed by atoms with Crippen molar-refractivity contribution in [2.24, 2.45) is 0 Å². The number of hydrogen-bond donors (Lipinski definition) is 2. The van der Waals surface area contributed by atoms with Gasteiger partial charge in [0.05, 0.1) is 20.1 Å². The first-order valence-corrected chi connectivity index (χ1v) is 10.5. The predicted octanol–water partition coefficient (Wildman–Crippen LogP) is 9.51. The molecule has 2 N–H and O–H groups in total. The van der Waals surface area contributed by atoms with E-state index in [0.29, 0.717) is 10.0 Å². The molecular weight excluding hydrogens is 557 g/mol. The largest absolute Gasteiger partial charge is 0.505 e. The summed E-state index contributed by atoms with van der Waals surface area (Å²) in [6.07, 6.45) is 0. The Balaban J connectivity index is 0.000000401. The van der Waals surface area contributed by atoms with Crippen molar-refractivity contribution in [2.45, 2.75) is 0 Å². The van der Waals surface area contributed by atoms with Crippen LogP contribution in [0.5, 0.6) is 11.5 Å². The van der Waals surface area contributed by atoms with Crippen LogP contribution in [0.1, 0.15) is 0 Å². The van der Waals surface area contributed by atoms with Crippen molar-refractivity contribution in [3.63, 3.8) is 0 Å². The van der Waals surface area contributed by atoms with Crippen LogP contribution in [0.25, 0.3) is 0 Å². The van der Waals surface area contributed by atoms with Gasteiger partial charge in [-0.2, -0.15) is 36.4 Å². The summed E-state index contributed by atoms with van der Waals surface area (Å²) in [6, 6.07) is 25.7. The number of aromatic hydroxyl groups is 2. The minimum atomic E-state index is -0.132. The first kappa shape index (κ1) is 30.2. The molecule has 0 atom stereocenters. The molecule has 4 aromatic rings. The first-order chi connectivity index (χ1) is 14.2. The maximum Gasteiger partial charge on any atom is 0.152 e. The average molecular weight is 573 g/mol. The van der Waals surface area contributed by atoms with Gasteiger partial charge in [0, 0.05) is 31.8 Å². The van der Waals surface area contributed by atoms with Crippen LogP contribution in [0.4, 0.5) is 0 Å². The van der Waals surface area contributed by atoms with Gasteiger partial charge >= 0.3 is 0 Å². The molecule has 0 radical (unpaired) electrons. The van der Waals surface area contributed by atoms with Crippen LogP contribution in [0, 0.1) is 0 Å². The molecular formula is C22H16Cl6O2Ti-2. The standard InChI is InChI=1S/2C6H3Cl3O.2C5H5.Ti/c2*7-3-1-4(8)6(10)5(9)2-3;2*1-2-4-5-3-1;/h2*1-2,10H;2*1-5H;/q;;2*-1;. The smallest absolute Gasteiger partial charge is 0.152 e. The Morgan fingerprint density at radius 3 is 0.871 bits per heavy atom. The summed E-state index contributed by atoms with van der Waals surface area (Å²) in [6.45, 7) is 0. The van der Waals surface area contributed by atoms with E-state index in [2.05, 4.69) is 0 Å². The summed E-state index contributed by atoms with van der Waals surface area (Å²) in [4.78, 5) is 0. The maximum atomic E-state index is 9.01. The van der Waals surface area contributed by atoms with E-state index in [4.69, 9.17) is 79.8 Å². The third kappa shape index (κ3) is 12.7. The molecule has 4 aromatic carbocycles. The van der Waals surface area contributed by atoms with Gasteiger partial charge in [-0.15, -0.1) is 0 Å². The Labute approximate surface area is 226 Å². The van der Waals surface area contributed by atoms with E-state index in [9.17, 15) is 0 Å². The van der Waals surface area contributed by atoms with Crippen LogP contribution in [0.3, 0.4) is 0 Å². The molecule has 0 aromatic heterocycles. The molecule has 0 saturated carbocycles. The minimum absolute atomic E-state index is 0. The second-order valence-electron chi connectivity index (χ2n) is 5.36. The average Bonchev–Trinajstić information content (AvgIpc) is 3.43. The van der Waals surface area contributed by atoms with Gasteiger partial charge in [-0.05, 0) is 24.3 Å². The molecule has 0 aliphatic rings. The van der Waals surface area contributed by atoms with Crippen LogP contribution in [-0.2, 0) is 21.7 Å². The summed E-state index contributed by atoms with van der Waals surface area (Å²) in [7, 11) is 0. The van der Waals surface area contributed by atoms with E-state index >= 15 is 0 Å². The predicted molar refractivity (Wildman–Crippen MR) is 130 cm³/mol. The zero-order valence-corrected chi connectivity index (χ0v) is 21.8. The molecule has 0 unspecified atom stereocenters. The van der Waals surface area contributed by atoms with Crippen LogP contribution in [-0.4, -0.2) is 10.2 Å². The molecule has 0 bridgehead atoms. The van der Waals surface area contributed by atoms with Crippen LogP contribution < -0.4 is 0 Å². The van der Waals surface area contributed by atoms with Gasteiger partial charge in [0.25, 0.3) is 0 Å². The summed E-state index contributed by atoms with van der Waals surface area (Å²) in [5.41, 5.74) is 0. The number of halogens is 6. The van der Waals surface area contributed by atoms with E-state index in [1.54, 1.807) is 0 Å². The summed E-state index contributed by atoms with van der Waals surface area (Å²) >= 11 is 33.1. The SMILES string of the molecule is Oc1c(Cl)cc(Cl)cc1Cl.Oc1c(Cl)cc(Cl)cc1Cl.[Ti].c1cc[cH-]c1.c1cc[cH-]c1. The van der Waals surface area contributed by atoms with Crippen LogP contribution >= 0.6 is 69.6 Å². The number of rotatable bonds is 0. The molecule has 9 heteroatoms. The Kier molecular flexibility index (Phi) is 16.3. The van der Waals surface area contributed by atoms with Crippen LogP contribution in [0.15, 0.2) is 84.9 Å². The van der Waals surface area contributed by atoms with Gasteiger partial charge in [-0.1, -0.05) is 69.6 Å². The second-order valence-corrected chi connectivity index (χ2v) is 7.86. The summed E-state index contributed by atoms with van der Waals surface area (Å²) < 4.78 is 0. The monoisotopic (exact) mass is 570 g/mol. The number of phenols is 2. The van der Waals surface area contributed by atoms with Gasteiger partial charge in [0.2, 0.25) is 0 Å². The Bertz CT molecular complexity index is 827. The first-order valence-electron chi connectivity index (χ1n) is 8.22. The fraction of sp³-hybridized carbons (Fsp3) is 0. The molecule has 0 aliphatic carbocycles. The Morgan fingerprint density at radius 1 is 0.484 bits per heavy atom. The fourth-order valence-electron chi connectivity index (χ4n) is 1.71. The normalized spacial score (nSPS) is 8.97. The van der Waals surface area contributed by atoms with Gasteiger partial charge < -0.3 is 10.2 Å². The topological polar surface area (TPSA) is 40.5 Å². The maximum absolute atomic E-state index is 9.01. The van der Waals surface area contributed by atoms with Crippen molar-refractivity contribution in [2.75, 3.05) is 0 Å². The molecule has 0 saturated heterocycles. The molecule has 0 heterocycles. The number of phenolic OH excluding ortho intramolecular Hbond substituents is 2. The van der Waals surface area contributed by atoms with Crippen molar-refractivity contribution in [1.82, 2.24) is 0 Å². The summed E-state index contributed by atoms with van der Waals surface area (Å²) in [5.74, 6) is -0.263. The summed E-state index contributed by atoms with van der Waals surface area (Å²) in [5, 5.41) is 19.5. The van der Waals surface area contributed by atoms with Crippen molar-refractivity contribution >= 4 is 69.6 Å². The molecule has 0 fully saturated rings. The number of hydrogen-bond acceptors (Lipinski definition) is 2. The van der Waals surface area contributed by atoms with E-state index in [0.717, 1.165) is 0 Å². The number of benzene rings is 2. The van der Waals surface area contributed by atoms with E-state index in [-0.39, 0.29) is 53.3 Å². The molecule has 2 nitrogen and oxygen atoms in total. The van der Waals surface area contributed by atoms with Crippen molar-refractivity contribution in [3.8, 4) is 11.5 Å². The molecule has 164 valence electrons. The van der Waals surface area contributed by atoms with Crippen molar-refractivity contribution in [1.29, 1.82) is 0 Å². The van der Waals surface area contributed by atoms with Gasteiger partial charge in [0.1, 0.15) is 0 Å². The van der Waals surface area contributed by atoms with Crippen molar-refractivity contribution in [3.05, 3.63) is 115 Å². The second kappa shape index (κ2) is 16.8. The third-order valence-corrected chi connectivity index (χ3v) is 4.66. The Morgan fingerprint density at radius 2 is 0.710 bits per heavy atom. The Hall–Kier alpha value is -0.806. The van der Waals surface area contributed by atoms with E-state index in [1.165, 1.54) is 24.3 Å². The molecule has 0 amide bonds. The van der Waals surface area contributed by atoms with E-state index < -0.39 is 0 Å². The molecule has 4 rings (SSSR count). The zero-order chi connectivity index (χ0) is 22.5. The fourth-order valence-corrected chi connectivity index (χ4v) is 3.34. The zero-order valence-electron chi connectivity index (χ0n) is 15.7.